The molecule has 2 N–H and O–H groups in total. The molecule has 3 rings (SSSR count). The summed E-state index contributed by atoms with van der Waals surface area (Å²) in [6.45, 7) is 1.77. The van der Waals surface area contributed by atoms with Crippen LogP contribution < -0.4 is 14.9 Å². The fourth-order valence-corrected chi connectivity index (χ4v) is 3.22. The fraction of sp³-hybridized carbons (Fsp3) is 0.250. The molecule has 0 fully saturated rings. The molecule has 0 unspecified atom stereocenters. The number of halogens is 3. The molecule has 8 nitrogen and oxygen atoms in total. The molecule has 0 spiro atoms. The minimum atomic E-state index is -4.69. The van der Waals surface area contributed by atoms with Crippen molar-refractivity contribution in [3.8, 4) is 0 Å². The van der Waals surface area contributed by atoms with Gasteiger partial charge >= 0.3 is 6.18 Å². The van der Waals surface area contributed by atoms with Gasteiger partial charge in [-0.2, -0.15) is 18.2 Å². The van der Waals surface area contributed by atoms with Crippen molar-refractivity contribution in [1.29, 1.82) is 0 Å². The lowest BCUT2D eigenvalue weighted by atomic mass is 10.2. The topological polar surface area (TPSA) is 100 Å². The average Bonchev–Trinajstić information content (AvgIpc) is 2.72. The van der Waals surface area contributed by atoms with Gasteiger partial charge in [-0.25, -0.2) is 18.4 Å². The Kier molecular flexibility index (Phi) is 6.53. The second-order valence-corrected chi connectivity index (χ2v) is 9.03. The lowest BCUT2D eigenvalue weighted by molar-refractivity contribution is -0.137. The van der Waals surface area contributed by atoms with Crippen molar-refractivity contribution < 1.29 is 21.6 Å². The molecule has 0 saturated heterocycles. The lowest BCUT2D eigenvalue weighted by Gasteiger charge is -2.20. The summed E-state index contributed by atoms with van der Waals surface area (Å²) >= 11 is 0. The first kappa shape index (κ1) is 23.3. The minimum Gasteiger partial charge on any atom is -0.365 e. The third-order valence-electron chi connectivity index (χ3n) is 4.51. The molecule has 0 aliphatic heterocycles. The Balaban J connectivity index is 1.90. The first-order valence-electron chi connectivity index (χ1n) is 9.35. The summed E-state index contributed by atoms with van der Waals surface area (Å²) in [6.07, 6.45) is -1.59. The Morgan fingerprint density at radius 2 is 1.78 bits per heavy atom. The zero-order chi connectivity index (χ0) is 23.5. The number of hydrogen-bond acceptors (Lipinski definition) is 7. The molecule has 170 valence electrons. The number of rotatable bonds is 7. The lowest BCUT2D eigenvalue weighted by Crippen LogP contribution is -2.27. The van der Waals surface area contributed by atoms with Gasteiger partial charge in [0.25, 0.3) is 0 Å². The monoisotopic (exact) mass is 466 g/mol. The van der Waals surface area contributed by atoms with Crippen LogP contribution in [0.4, 0.5) is 36.4 Å². The molecule has 12 heteroatoms. The molecule has 3 aromatic rings. The SMILES string of the molecule is Cc1ccc(Nc2ncc(C(F)(F)F)c(NCc3cccnc3N(C)S(C)(=O)=O)n2)cc1. The highest BCUT2D eigenvalue weighted by atomic mass is 32.2. The van der Waals surface area contributed by atoms with E-state index in [1.54, 1.807) is 24.3 Å². The van der Waals surface area contributed by atoms with Crippen LogP contribution in [0.1, 0.15) is 16.7 Å². The maximum Gasteiger partial charge on any atom is 0.421 e. The Labute approximate surface area is 183 Å². The van der Waals surface area contributed by atoms with Crippen molar-refractivity contribution >= 4 is 33.3 Å². The zero-order valence-electron chi connectivity index (χ0n) is 17.5. The predicted molar refractivity (Wildman–Crippen MR) is 116 cm³/mol. The molecule has 0 bridgehead atoms. The number of nitrogens with one attached hydrogen (secondary N) is 2. The van der Waals surface area contributed by atoms with Gasteiger partial charge in [-0.3, -0.25) is 4.31 Å². The maximum atomic E-state index is 13.5. The number of aromatic nitrogens is 3. The van der Waals surface area contributed by atoms with E-state index in [0.29, 0.717) is 17.4 Å². The normalized spacial score (nSPS) is 11.8. The number of anilines is 4. The second kappa shape index (κ2) is 8.99. The Morgan fingerprint density at radius 3 is 2.41 bits per heavy atom. The third-order valence-corrected chi connectivity index (χ3v) is 5.68. The number of benzene rings is 1. The predicted octanol–water partition coefficient (Wildman–Crippen LogP) is 3.95. The third kappa shape index (κ3) is 5.63. The highest BCUT2D eigenvalue weighted by molar-refractivity contribution is 7.92. The summed E-state index contributed by atoms with van der Waals surface area (Å²) in [4.78, 5) is 11.8. The van der Waals surface area contributed by atoms with Crippen LogP contribution in [0, 0.1) is 6.92 Å². The smallest absolute Gasteiger partial charge is 0.365 e. The van der Waals surface area contributed by atoms with E-state index in [-0.39, 0.29) is 18.3 Å². The van der Waals surface area contributed by atoms with Gasteiger partial charge in [0.15, 0.2) is 0 Å². The van der Waals surface area contributed by atoms with Crippen LogP contribution >= 0.6 is 0 Å². The van der Waals surface area contributed by atoms with E-state index in [4.69, 9.17) is 0 Å². The van der Waals surface area contributed by atoms with Crippen LogP contribution in [-0.2, 0) is 22.7 Å². The van der Waals surface area contributed by atoms with E-state index < -0.39 is 27.6 Å². The maximum absolute atomic E-state index is 13.5. The summed E-state index contributed by atoms with van der Waals surface area (Å²) in [6, 6.07) is 10.3. The van der Waals surface area contributed by atoms with Crippen molar-refractivity contribution in [1.82, 2.24) is 15.0 Å². The van der Waals surface area contributed by atoms with Crippen LogP contribution in [0.5, 0.6) is 0 Å². The van der Waals surface area contributed by atoms with E-state index in [2.05, 4.69) is 25.6 Å². The van der Waals surface area contributed by atoms with Crippen molar-refractivity contribution in [3.05, 3.63) is 65.5 Å². The molecule has 2 aromatic heterocycles. The van der Waals surface area contributed by atoms with E-state index in [1.807, 2.05) is 19.1 Å². The standard InChI is InChI=1S/C20H21F3N6O2S/c1-13-6-8-15(9-7-13)27-19-26-12-16(20(21,22)23)17(28-19)25-11-14-5-4-10-24-18(14)29(2)32(3,30)31/h4-10,12H,11H2,1-3H3,(H2,25,26,27,28). The van der Waals surface area contributed by atoms with E-state index in [1.165, 1.54) is 13.2 Å². The molecule has 0 amide bonds. The van der Waals surface area contributed by atoms with Gasteiger partial charge in [-0.15, -0.1) is 0 Å². The van der Waals surface area contributed by atoms with Gasteiger partial charge in [-0.1, -0.05) is 23.8 Å². The highest BCUT2D eigenvalue weighted by Gasteiger charge is 2.35. The Hall–Kier alpha value is -3.41. The molecule has 0 aliphatic carbocycles. The highest BCUT2D eigenvalue weighted by Crippen LogP contribution is 2.34. The van der Waals surface area contributed by atoms with Crippen LogP contribution in [-0.4, -0.2) is 36.7 Å². The molecular formula is C20H21F3N6O2S. The molecule has 1 aromatic carbocycles. The number of hydrogen-bond donors (Lipinski definition) is 2. The quantitative estimate of drug-likeness (QED) is 0.544. The van der Waals surface area contributed by atoms with Crippen LogP contribution in [0.2, 0.25) is 0 Å². The number of aryl methyl sites for hydroxylation is 1. The number of nitrogens with zero attached hydrogens (tertiary/aromatic N) is 4. The van der Waals surface area contributed by atoms with E-state index in [9.17, 15) is 21.6 Å². The largest absolute Gasteiger partial charge is 0.421 e. The van der Waals surface area contributed by atoms with Gasteiger partial charge < -0.3 is 10.6 Å². The van der Waals surface area contributed by atoms with Gasteiger partial charge in [0, 0.05) is 37.2 Å². The van der Waals surface area contributed by atoms with Gasteiger partial charge in [0.05, 0.1) is 6.26 Å². The van der Waals surface area contributed by atoms with Gasteiger partial charge in [0.1, 0.15) is 17.2 Å². The van der Waals surface area contributed by atoms with Gasteiger partial charge in [-0.05, 0) is 25.1 Å². The first-order chi connectivity index (χ1) is 14.9. The summed E-state index contributed by atoms with van der Waals surface area (Å²) < 4.78 is 65.2. The van der Waals surface area contributed by atoms with Crippen molar-refractivity contribution in [2.45, 2.75) is 19.6 Å². The van der Waals surface area contributed by atoms with E-state index >= 15 is 0 Å². The molecule has 0 radical (unpaired) electrons. The van der Waals surface area contributed by atoms with Crippen molar-refractivity contribution in [2.75, 3.05) is 28.2 Å². The summed E-state index contributed by atoms with van der Waals surface area (Å²) in [5, 5.41) is 5.51. The van der Waals surface area contributed by atoms with E-state index in [0.717, 1.165) is 16.1 Å². The van der Waals surface area contributed by atoms with Gasteiger partial charge in [0.2, 0.25) is 16.0 Å². The summed E-state index contributed by atoms with van der Waals surface area (Å²) in [7, 11) is -2.29. The average molecular weight is 466 g/mol. The molecule has 0 atom stereocenters. The molecular weight excluding hydrogens is 445 g/mol. The van der Waals surface area contributed by atoms with Crippen molar-refractivity contribution in [2.24, 2.45) is 0 Å². The van der Waals surface area contributed by atoms with Crippen LogP contribution in [0.25, 0.3) is 0 Å². The molecule has 32 heavy (non-hydrogen) atoms. The Morgan fingerprint density at radius 1 is 1.09 bits per heavy atom. The fourth-order valence-electron chi connectivity index (χ4n) is 2.74. The first-order valence-corrected chi connectivity index (χ1v) is 11.2. The van der Waals surface area contributed by atoms with Crippen molar-refractivity contribution in [3.63, 3.8) is 0 Å². The molecule has 2 heterocycles. The molecule has 0 aliphatic rings. The van der Waals surface area contributed by atoms with Crippen LogP contribution in [0.15, 0.2) is 48.8 Å². The number of alkyl halides is 3. The molecule has 0 saturated carbocycles. The second-order valence-electron chi connectivity index (χ2n) is 7.01. The summed E-state index contributed by atoms with van der Waals surface area (Å²) in [5.41, 5.74) is 0.970. The number of sulfonamides is 1. The Bertz CT molecular complexity index is 1200. The minimum absolute atomic E-state index is 0.0241. The van der Waals surface area contributed by atoms with Crippen LogP contribution in [0.3, 0.4) is 0 Å². The summed E-state index contributed by atoms with van der Waals surface area (Å²) in [5.74, 6) is -0.369. The number of pyridine rings is 1. The zero-order valence-corrected chi connectivity index (χ0v) is 18.3.